The minimum absolute atomic E-state index is 0.149. The fourth-order valence-electron chi connectivity index (χ4n) is 4.69. The first-order valence-electron chi connectivity index (χ1n) is 8.14. The predicted octanol–water partition coefficient (Wildman–Crippen LogP) is 0.813. The average molecular weight is 320 g/mol. The smallest absolute Gasteiger partial charge is 0.156 e. The Labute approximate surface area is 133 Å². The maximum Gasteiger partial charge on any atom is 0.156 e. The van der Waals surface area contributed by atoms with Crippen LogP contribution in [0.3, 0.4) is 0 Å². The van der Waals surface area contributed by atoms with Crippen molar-refractivity contribution < 1.29 is 8.42 Å². The molecule has 0 radical (unpaired) electrons. The summed E-state index contributed by atoms with van der Waals surface area (Å²) in [6.07, 6.45) is 2.14. The molecule has 2 heterocycles. The van der Waals surface area contributed by atoms with Crippen LogP contribution < -0.4 is 0 Å². The van der Waals surface area contributed by atoms with Gasteiger partial charge in [-0.15, -0.1) is 0 Å². The number of hydrogen-bond donors (Lipinski definition) is 0. The SMILES string of the molecule is CN(C)[C@@H]1CS(=O)(=O)[C@H]2CN(C3Cc4ccccc4C3)C[C@@H]12. The molecular formula is C17H24N2O2S. The molecule has 4 nitrogen and oxygen atoms in total. The second-order valence-electron chi connectivity index (χ2n) is 7.35. The third-order valence-corrected chi connectivity index (χ3v) is 8.13. The van der Waals surface area contributed by atoms with Crippen LogP contribution in [0.5, 0.6) is 0 Å². The molecule has 1 aromatic carbocycles. The molecule has 0 bridgehead atoms. The van der Waals surface area contributed by atoms with Crippen molar-refractivity contribution in [2.45, 2.75) is 30.2 Å². The van der Waals surface area contributed by atoms with Gasteiger partial charge in [0.05, 0.1) is 11.0 Å². The highest BCUT2D eigenvalue weighted by atomic mass is 32.2. The Kier molecular flexibility index (Phi) is 3.36. The van der Waals surface area contributed by atoms with Crippen molar-refractivity contribution in [2.24, 2.45) is 5.92 Å². The van der Waals surface area contributed by atoms with Crippen molar-refractivity contribution >= 4 is 9.84 Å². The van der Waals surface area contributed by atoms with Crippen LogP contribution in [0, 0.1) is 5.92 Å². The maximum atomic E-state index is 12.5. The second-order valence-corrected chi connectivity index (χ2v) is 9.61. The Hall–Kier alpha value is -0.910. The van der Waals surface area contributed by atoms with E-state index in [1.165, 1.54) is 11.1 Å². The van der Waals surface area contributed by atoms with Gasteiger partial charge >= 0.3 is 0 Å². The summed E-state index contributed by atoms with van der Waals surface area (Å²) in [7, 11) is 1.09. The van der Waals surface area contributed by atoms with Gasteiger partial charge in [0.25, 0.3) is 0 Å². The lowest BCUT2D eigenvalue weighted by Crippen LogP contribution is -2.40. The molecular weight excluding hydrogens is 296 g/mol. The van der Waals surface area contributed by atoms with E-state index in [1.54, 1.807) is 0 Å². The van der Waals surface area contributed by atoms with Crippen molar-refractivity contribution in [3.63, 3.8) is 0 Å². The minimum atomic E-state index is -2.93. The molecule has 3 aliphatic rings. The maximum absolute atomic E-state index is 12.5. The van der Waals surface area contributed by atoms with Gasteiger partial charge in [-0.25, -0.2) is 8.42 Å². The molecule has 0 aromatic heterocycles. The minimum Gasteiger partial charge on any atom is -0.305 e. The Morgan fingerprint density at radius 2 is 1.73 bits per heavy atom. The highest BCUT2D eigenvalue weighted by Gasteiger charge is 2.53. The zero-order valence-electron chi connectivity index (χ0n) is 13.3. The molecule has 2 saturated heterocycles. The number of benzene rings is 1. The van der Waals surface area contributed by atoms with Crippen molar-refractivity contribution in [1.29, 1.82) is 0 Å². The summed E-state index contributed by atoms with van der Waals surface area (Å²) < 4.78 is 25.0. The molecule has 0 unspecified atom stereocenters. The van der Waals surface area contributed by atoms with Crippen LogP contribution in [0.15, 0.2) is 24.3 Å². The topological polar surface area (TPSA) is 40.6 Å². The van der Waals surface area contributed by atoms with E-state index < -0.39 is 9.84 Å². The summed E-state index contributed by atoms with van der Waals surface area (Å²) in [5, 5.41) is -0.149. The normalized spacial score (nSPS) is 34.2. The van der Waals surface area contributed by atoms with E-state index >= 15 is 0 Å². The summed E-state index contributed by atoms with van der Waals surface area (Å²) in [5.74, 6) is 0.623. The van der Waals surface area contributed by atoms with Gasteiger partial charge in [-0.2, -0.15) is 0 Å². The molecule has 3 atom stereocenters. The van der Waals surface area contributed by atoms with Crippen molar-refractivity contribution in [2.75, 3.05) is 32.9 Å². The van der Waals surface area contributed by atoms with Crippen LogP contribution >= 0.6 is 0 Å². The van der Waals surface area contributed by atoms with Crippen LogP contribution in [-0.4, -0.2) is 68.5 Å². The molecule has 5 heteroatoms. The lowest BCUT2D eigenvalue weighted by molar-refractivity contribution is 0.203. The fourth-order valence-corrected chi connectivity index (χ4v) is 7.18. The highest BCUT2D eigenvalue weighted by Crippen LogP contribution is 2.38. The summed E-state index contributed by atoms with van der Waals surface area (Å²) in [4.78, 5) is 4.55. The van der Waals surface area contributed by atoms with E-state index in [0.29, 0.717) is 11.8 Å². The van der Waals surface area contributed by atoms with E-state index in [9.17, 15) is 8.42 Å². The van der Waals surface area contributed by atoms with Gasteiger partial charge in [0.2, 0.25) is 0 Å². The Morgan fingerprint density at radius 3 is 2.32 bits per heavy atom. The first-order chi connectivity index (χ1) is 10.5. The van der Waals surface area contributed by atoms with Gasteiger partial charge in [-0.3, -0.25) is 4.90 Å². The Balaban J connectivity index is 1.54. The summed E-state index contributed by atoms with van der Waals surface area (Å²) in [5.41, 5.74) is 2.88. The molecule has 4 rings (SSSR count). The lowest BCUT2D eigenvalue weighted by Gasteiger charge is -2.27. The Bertz CT molecular complexity index is 661. The monoisotopic (exact) mass is 320 g/mol. The van der Waals surface area contributed by atoms with Gasteiger partial charge < -0.3 is 4.90 Å². The molecule has 2 aliphatic heterocycles. The number of hydrogen-bond acceptors (Lipinski definition) is 4. The molecule has 0 amide bonds. The summed E-state index contributed by atoms with van der Waals surface area (Å²) >= 11 is 0. The van der Waals surface area contributed by atoms with E-state index in [-0.39, 0.29) is 17.2 Å². The predicted molar refractivity (Wildman–Crippen MR) is 87.8 cm³/mol. The van der Waals surface area contributed by atoms with E-state index in [1.807, 2.05) is 14.1 Å². The molecule has 1 aliphatic carbocycles. The zero-order valence-corrected chi connectivity index (χ0v) is 14.1. The largest absolute Gasteiger partial charge is 0.305 e. The van der Waals surface area contributed by atoms with Crippen LogP contribution in [-0.2, 0) is 22.7 Å². The molecule has 1 aromatic rings. The molecule has 2 fully saturated rings. The molecule has 0 N–H and O–H groups in total. The van der Waals surface area contributed by atoms with Gasteiger partial charge in [0.1, 0.15) is 0 Å². The summed E-state index contributed by atoms with van der Waals surface area (Å²) in [6, 6.07) is 9.31. The first kappa shape index (κ1) is 14.7. The quantitative estimate of drug-likeness (QED) is 0.809. The van der Waals surface area contributed by atoms with Crippen LogP contribution in [0.25, 0.3) is 0 Å². The van der Waals surface area contributed by atoms with E-state index in [4.69, 9.17) is 0 Å². The van der Waals surface area contributed by atoms with Gasteiger partial charge in [0.15, 0.2) is 9.84 Å². The lowest BCUT2D eigenvalue weighted by atomic mass is 10.00. The zero-order chi connectivity index (χ0) is 15.5. The van der Waals surface area contributed by atoms with Gasteiger partial charge in [-0.05, 0) is 38.1 Å². The number of nitrogens with zero attached hydrogens (tertiary/aromatic N) is 2. The molecule has 22 heavy (non-hydrogen) atoms. The van der Waals surface area contributed by atoms with E-state index in [2.05, 4.69) is 34.1 Å². The van der Waals surface area contributed by atoms with Gasteiger partial charge in [-0.1, -0.05) is 24.3 Å². The van der Waals surface area contributed by atoms with Crippen LogP contribution in [0.4, 0.5) is 0 Å². The van der Waals surface area contributed by atoms with Crippen LogP contribution in [0.1, 0.15) is 11.1 Å². The van der Waals surface area contributed by atoms with Crippen molar-refractivity contribution in [3.05, 3.63) is 35.4 Å². The number of rotatable bonds is 2. The van der Waals surface area contributed by atoms with Gasteiger partial charge in [0, 0.05) is 31.1 Å². The third kappa shape index (κ3) is 2.22. The van der Waals surface area contributed by atoms with Crippen molar-refractivity contribution in [1.82, 2.24) is 9.80 Å². The first-order valence-corrected chi connectivity index (χ1v) is 9.86. The Morgan fingerprint density at radius 1 is 1.09 bits per heavy atom. The fraction of sp³-hybridized carbons (Fsp3) is 0.647. The van der Waals surface area contributed by atoms with Crippen LogP contribution in [0.2, 0.25) is 0 Å². The van der Waals surface area contributed by atoms with Crippen molar-refractivity contribution in [3.8, 4) is 0 Å². The molecule has 0 saturated carbocycles. The number of fused-ring (bicyclic) bond motifs is 2. The average Bonchev–Trinajstić information content (AvgIpc) is 3.12. The number of likely N-dealkylation sites (tertiary alicyclic amines) is 1. The standard InChI is InChI=1S/C17H24N2O2S/c1-18(2)16-11-22(20,21)17-10-19(9-15(16)17)14-7-12-5-3-4-6-13(12)8-14/h3-6,14-17H,7-11H2,1-2H3/t15-,16+,17-/m0/s1. The highest BCUT2D eigenvalue weighted by molar-refractivity contribution is 7.92. The number of sulfone groups is 1. The molecule has 0 spiro atoms. The summed E-state index contributed by atoms with van der Waals surface area (Å²) in [6.45, 7) is 1.67. The third-order valence-electron chi connectivity index (χ3n) is 5.91. The van der Waals surface area contributed by atoms with E-state index in [0.717, 1.165) is 25.9 Å². The second kappa shape index (κ2) is 5.05. The molecule has 120 valence electrons.